The van der Waals surface area contributed by atoms with Crippen molar-refractivity contribution in [3.05, 3.63) is 46.5 Å². The second kappa shape index (κ2) is 8.49. The van der Waals surface area contributed by atoms with Crippen LogP contribution in [0.1, 0.15) is 62.7 Å². The number of hydrogen-bond acceptors (Lipinski definition) is 4. The van der Waals surface area contributed by atoms with Gasteiger partial charge in [0, 0.05) is 34.6 Å². The van der Waals surface area contributed by atoms with Gasteiger partial charge in [-0.3, -0.25) is 4.79 Å². The van der Waals surface area contributed by atoms with Gasteiger partial charge in [-0.05, 0) is 88.6 Å². The number of rotatable bonds is 4. The third-order valence-electron chi connectivity index (χ3n) is 6.81. The van der Waals surface area contributed by atoms with Crippen LogP contribution in [0.2, 0.25) is 0 Å². The number of hydrogen-bond donors (Lipinski definition) is 0. The summed E-state index contributed by atoms with van der Waals surface area (Å²) in [5.74, 6) is 1.67. The van der Waals surface area contributed by atoms with Gasteiger partial charge in [-0.15, -0.1) is 11.3 Å². The number of thiophene rings is 1. The zero-order valence-electron chi connectivity index (χ0n) is 21.0. The fourth-order valence-electron chi connectivity index (χ4n) is 5.40. The van der Waals surface area contributed by atoms with Crippen molar-refractivity contribution < 1.29 is 14.3 Å². The van der Waals surface area contributed by atoms with Crippen molar-refractivity contribution in [1.82, 2.24) is 9.47 Å². The van der Waals surface area contributed by atoms with E-state index in [0.717, 1.165) is 60.8 Å². The van der Waals surface area contributed by atoms with E-state index in [1.807, 2.05) is 13.8 Å². The van der Waals surface area contributed by atoms with Crippen molar-refractivity contribution in [2.45, 2.75) is 72.1 Å². The number of carbonyl (C=O) groups excluding carboxylic acids is 1. The molecule has 0 spiro atoms. The largest absolute Gasteiger partial charge is 0.493 e. The van der Waals surface area contributed by atoms with Crippen LogP contribution in [-0.2, 0) is 19.4 Å². The molecule has 180 valence electrons. The molecule has 34 heavy (non-hydrogen) atoms. The molecule has 0 radical (unpaired) electrons. The third-order valence-corrected chi connectivity index (χ3v) is 7.70. The third kappa shape index (κ3) is 3.72. The Balaban J connectivity index is 1.79. The summed E-state index contributed by atoms with van der Waals surface area (Å²) in [6, 6.07) is 8.53. The summed E-state index contributed by atoms with van der Waals surface area (Å²) in [6.07, 6.45) is 2.77. The second-order valence-electron chi connectivity index (χ2n) is 10.5. The molecule has 0 aliphatic carbocycles. The second-order valence-corrected chi connectivity index (χ2v) is 11.4. The quantitative estimate of drug-likeness (QED) is 0.434. The summed E-state index contributed by atoms with van der Waals surface area (Å²) in [7, 11) is 1.69. The van der Waals surface area contributed by atoms with Crippen molar-refractivity contribution in [2.24, 2.45) is 0 Å². The average molecular weight is 479 g/mol. The summed E-state index contributed by atoms with van der Waals surface area (Å²) in [5, 5.41) is 2.12. The molecule has 5 rings (SSSR count). The lowest BCUT2D eigenvalue weighted by Crippen LogP contribution is -2.46. The van der Waals surface area contributed by atoms with E-state index < -0.39 is 0 Å². The maximum atomic E-state index is 14.0. The maximum absolute atomic E-state index is 14.0. The molecule has 6 heteroatoms. The van der Waals surface area contributed by atoms with Gasteiger partial charge in [-0.25, -0.2) is 0 Å². The molecule has 1 amide bonds. The summed E-state index contributed by atoms with van der Waals surface area (Å²) >= 11 is 1.74. The molecule has 0 unspecified atom stereocenters. The van der Waals surface area contributed by atoms with Crippen molar-refractivity contribution >= 4 is 17.2 Å². The standard InChI is InChI=1S/C28H34N2O3S/c1-17(2)33-22-16-20-18(15-21(22)32-6)11-13-29-25(20)24(23-10-8-14-34-23)19-9-7-12-30(28(3,4)5)27(31)26(19)29/h8,10,14-17H,7,9,11-13H2,1-6H3. The molecular formula is C28H34N2O3S. The number of benzene rings is 1. The van der Waals surface area contributed by atoms with Crippen LogP contribution >= 0.6 is 11.3 Å². The Kier molecular flexibility index (Phi) is 5.75. The fourth-order valence-corrected chi connectivity index (χ4v) is 6.20. The summed E-state index contributed by atoms with van der Waals surface area (Å²) < 4.78 is 14.1. The highest BCUT2D eigenvalue weighted by Gasteiger charge is 2.38. The molecule has 1 aromatic carbocycles. The molecule has 5 nitrogen and oxygen atoms in total. The first kappa shape index (κ1) is 23.0. The van der Waals surface area contributed by atoms with Gasteiger partial charge in [0.2, 0.25) is 0 Å². The SMILES string of the molecule is COc1cc2c(cc1OC(C)C)-c1c(-c3cccs3)c3c(n1CC2)C(=O)N(C(C)(C)C)CCC3. The topological polar surface area (TPSA) is 43.7 Å². The average Bonchev–Trinajstić information content (AvgIpc) is 3.36. The van der Waals surface area contributed by atoms with Gasteiger partial charge in [0.25, 0.3) is 5.91 Å². The predicted molar refractivity (Wildman–Crippen MR) is 138 cm³/mol. The molecule has 0 atom stereocenters. The van der Waals surface area contributed by atoms with E-state index in [4.69, 9.17) is 9.47 Å². The smallest absolute Gasteiger partial charge is 0.271 e. The Labute approximate surface area is 206 Å². The van der Waals surface area contributed by atoms with Crippen molar-refractivity contribution in [3.63, 3.8) is 0 Å². The van der Waals surface area contributed by atoms with E-state index in [2.05, 4.69) is 59.9 Å². The van der Waals surface area contributed by atoms with Crippen LogP contribution < -0.4 is 9.47 Å². The Morgan fingerprint density at radius 1 is 1.06 bits per heavy atom. The van der Waals surface area contributed by atoms with E-state index in [1.54, 1.807) is 18.4 Å². The van der Waals surface area contributed by atoms with Crippen molar-refractivity contribution in [1.29, 1.82) is 0 Å². The molecule has 3 aromatic rings. The van der Waals surface area contributed by atoms with Gasteiger partial charge < -0.3 is 18.9 Å². The van der Waals surface area contributed by atoms with E-state index in [1.165, 1.54) is 21.6 Å². The van der Waals surface area contributed by atoms with E-state index in [9.17, 15) is 4.79 Å². The van der Waals surface area contributed by atoms with Gasteiger partial charge in [0.1, 0.15) is 5.69 Å². The van der Waals surface area contributed by atoms with Crippen molar-refractivity contribution in [3.8, 4) is 33.2 Å². The zero-order chi connectivity index (χ0) is 24.2. The van der Waals surface area contributed by atoms with Crippen LogP contribution in [0, 0.1) is 0 Å². The van der Waals surface area contributed by atoms with Gasteiger partial charge in [0.05, 0.1) is 18.9 Å². The first-order valence-electron chi connectivity index (χ1n) is 12.2. The molecular weight excluding hydrogens is 444 g/mol. The lowest BCUT2D eigenvalue weighted by atomic mass is 9.93. The molecule has 0 saturated heterocycles. The minimum absolute atomic E-state index is 0.0396. The Morgan fingerprint density at radius 3 is 2.50 bits per heavy atom. The molecule has 2 aliphatic heterocycles. The number of methoxy groups -OCH3 is 1. The molecule has 0 saturated carbocycles. The highest BCUT2D eigenvalue weighted by molar-refractivity contribution is 7.13. The summed E-state index contributed by atoms with van der Waals surface area (Å²) in [5.41, 5.74) is 6.61. The number of amides is 1. The number of fused-ring (bicyclic) bond motifs is 5. The molecule has 2 aromatic heterocycles. The lowest BCUT2D eigenvalue weighted by molar-refractivity contribution is 0.0579. The monoisotopic (exact) mass is 478 g/mol. The molecule has 4 heterocycles. The van der Waals surface area contributed by atoms with E-state index in [0.29, 0.717) is 0 Å². The zero-order valence-corrected chi connectivity index (χ0v) is 21.8. The molecule has 0 bridgehead atoms. The van der Waals surface area contributed by atoms with Gasteiger partial charge in [-0.1, -0.05) is 6.07 Å². The van der Waals surface area contributed by atoms with Gasteiger partial charge >= 0.3 is 0 Å². The lowest BCUT2D eigenvalue weighted by Gasteiger charge is -2.35. The van der Waals surface area contributed by atoms with Crippen LogP contribution in [0.4, 0.5) is 0 Å². The highest BCUT2D eigenvalue weighted by atomic mass is 32.1. The normalized spacial score (nSPS) is 15.6. The van der Waals surface area contributed by atoms with Crippen LogP contribution in [-0.4, -0.2) is 40.7 Å². The first-order valence-corrected chi connectivity index (χ1v) is 13.1. The molecule has 0 fully saturated rings. The number of aryl methyl sites for hydroxylation is 1. The minimum atomic E-state index is -0.218. The maximum Gasteiger partial charge on any atom is 0.271 e. The Hall–Kier alpha value is -2.73. The van der Waals surface area contributed by atoms with E-state index >= 15 is 0 Å². The highest BCUT2D eigenvalue weighted by Crippen LogP contribution is 2.48. The van der Waals surface area contributed by atoms with Crippen LogP contribution in [0.15, 0.2) is 29.6 Å². The van der Waals surface area contributed by atoms with Crippen LogP contribution in [0.3, 0.4) is 0 Å². The number of aromatic nitrogens is 1. The van der Waals surface area contributed by atoms with Crippen LogP contribution in [0.5, 0.6) is 11.5 Å². The van der Waals surface area contributed by atoms with Crippen molar-refractivity contribution in [2.75, 3.05) is 13.7 Å². The fraction of sp³-hybridized carbons (Fsp3) is 0.464. The summed E-state index contributed by atoms with van der Waals surface area (Å²) in [6.45, 7) is 12.0. The minimum Gasteiger partial charge on any atom is -0.493 e. The van der Waals surface area contributed by atoms with Gasteiger partial charge in [-0.2, -0.15) is 0 Å². The first-order chi connectivity index (χ1) is 16.2. The van der Waals surface area contributed by atoms with E-state index in [-0.39, 0.29) is 17.6 Å². The predicted octanol–water partition coefficient (Wildman–Crippen LogP) is 6.42. The Morgan fingerprint density at radius 2 is 1.85 bits per heavy atom. The molecule has 0 N–H and O–H groups in total. The number of ether oxygens (including phenoxy) is 2. The van der Waals surface area contributed by atoms with Gasteiger partial charge in [0.15, 0.2) is 11.5 Å². The van der Waals surface area contributed by atoms with Crippen LogP contribution in [0.25, 0.3) is 21.7 Å². The molecule has 2 aliphatic rings. The number of nitrogens with zero attached hydrogens (tertiary/aromatic N) is 2. The summed E-state index contributed by atoms with van der Waals surface area (Å²) in [4.78, 5) is 17.3. The number of carbonyl (C=O) groups is 1. The Bertz CT molecular complexity index is 1230.